The molecule has 0 N–H and O–H groups in total. The molecule has 6 nitrogen and oxygen atoms in total. The van der Waals surface area contributed by atoms with E-state index in [0.717, 1.165) is 72.4 Å². The number of hydrogen-bond acceptors (Lipinski definition) is 6. The third kappa shape index (κ3) is 9.11. The molecule has 294 valence electrons. The van der Waals surface area contributed by atoms with Crippen molar-refractivity contribution in [2.24, 2.45) is 0 Å². The van der Waals surface area contributed by atoms with Crippen LogP contribution in [0.2, 0.25) is 0 Å². The molecule has 3 aromatic heterocycles. The standard InChI is InChI=1S/C49H43BN4O2.Pd.Pt/c1-29(2)34-19-36(47-17-32(7)13-15-51-47)23-41(21-34)55-39-9-11-43-44-12-10-40(26-46(44)50(45(43)25-39)49-53-27-38(28-54-49)31(5)6)56-42-22-35(30(3)4)20-37(24-42)48-18-33(8)14-16-52-48;;/h9-22,27-31H,1-8H3;;/q-4;2*+2. The van der Waals surface area contributed by atoms with Gasteiger partial charge in [-0.1, -0.05) is 89.1 Å². The summed E-state index contributed by atoms with van der Waals surface area (Å²) in [5.41, 5.74) is 13.7. The number of fused-ring (bicyclic) bond motifs is 3. The molecular formula is C49H43BN4O2PdPt. The first-order chi connectivity index (χ1) is 27.0. The second-order valence-electron chi connectivity index (χ2n) is 15.6. The smallest absolute Gasteiger partial charge is 0.503 e. The monoisotopic (exact) mass is 1030 g/mol. The predicted octanol–water partition coefficient (Wildman–Crippen LogP) is 9.86. The number of benzene rings is 4. The molecule has 9 heteroatoms. The molecule has 0 bridgehead atoms. The van der Waals surface area contributed by atoms with E-state index in [1.54, 1.807) is 0 Å². The van der Waals surface area contributed by atoms with Gasteiger partial charge < -0.3 is 19.4 Å². The van der Waals surface area contributed by atoms with E-state index >= 15 is 0 Å². The van der Waals surface area contributed by atoms with Gasteiger partial charge >= 0.3 is 41.5 Å². The maximum absolute atomic E-state index is 6.58. The van der Waals surface area contributed by atoms with E-state index in [1.165, 1.54) is 0 Å². The summed E-state index contributed by atoms with van der Waals surface area (Å²) in [6.07, 6.45) is 7.51. The maximum atomic E-state index is 6.58. The van der Waals surface area contributed by atoms with E-state index in [4.69, 9.17) is 19.4 Å². The minimum Gasteiger partial charge on any atom is -0.503 e. The Balaban J connectivity index is 0.00000283. The molecular weight excluding hydrogens is 989 g/mol. The van der Waals surface area contributed by atoms with Gasteiger partial charge in [0.05, 0.1) is 5.72 Å². The second-order valence-corrected chi connectivity index (χ2v) is 15.6. The Hall–Kier alpha value is -4.72. The van der Waals surface area contributed by atoms with Gasteiger partial charge in [0.1, 0.15) is 0 Å². The van der Waals surface area contributed by atoms with Gasteiger partial charge in [0.25, 0.3) is 0 Å². The van der Waals surface area contributed by atoms with E-state index in [-0.39, 0.29) is 60.0 Å². The molecule has 4 aromatic carbocycles. The Kier molecular flexibility index (Phi) is 13.3. The van der Waals surface area contributed by atoms with Crippen molar-refractivity contribution >= 4 is 23.4 Å². The normalized spacial score (nSPS) is 11.6. The van der Waals surface area contributed by atoms with E-state index in [1.807, 2.05) is 61.2 Å². The Morgan fingerprint density at radius 2 is 0.931 bits per heavy atom. The third-order valence-electron chi connectivity index (χ3n) is 10.3. The first kappa shape index (κ1) is 42.9. The number of ether oxygens (including phenoxy) is 2. The molecule has 0 amide bonds. The number of pyridine rings is 2. The van der Waals surface area contributed by atoms with Crippen LogP contribution in [0.15, 0.2) is 97.6 Å². The first-order valence-electron chi connectivity index (χ1n) is 19.3. The van der Waals surface area contributed by atoms with Crippen molar-refractivity contribution in [2.75, 3.05) is 0 Å². The van der Waals surface area contributed by atoms with Crippen LogP contribution >= 0.6 is 0 Å². The summed E-state index contributed by atoms with van der Waals surface area (Å²) in [5.74, 6) is 3.25. The molecule has 0 spiro atoms. The fraction of sp³-hybridized carbons (Fsp3) is 0.224. The van der Waals surface area contributed by atoms with Crippen molar-refractivity contribution < 1.29 is 51.0 Å². The molecule has 58 heavy (non-hydrogen) atoms. The van der Waals surface area contributed by atoms with Crippen molar-refractivity contribution in [3.8, 4) is 56.6 Å². The predicted molar refractivity (Wildman–Crippen MR) is 225 cm³/mol. The number of aryl methyl sites for hydroxylation is 2. The first-order valence-corrected chi connectivity index (χ1v) is 19.3. The second kappa shape index (κ2) is 18.0. The summed E-state index contributed by atoms with van der Waals surface area (Å²) < 4.78 is 13.2. The Labute approximate surface area is 371 Å². The summed E-state index contributed by atoms with van der Waals surface area (Å²) in [6.45, 7) is 16.8. The van der Waals surface area contributed by atoms with Crippen LogP contribution in [0.25, 0.3) is 33.6 Å². The maximum Gasteiger partial charge on any atom is 2.00 e. The molecule has 7 aromatic rings. The van der Waals surface area contributed by atoms with Gasteiger partial charge in [-0.2, -0.15) is 34.2 Å². The molecule has 1 aliphatic rings. The SMILES string of the molecule is Cc1ccnc(-c2[c-]c(Oc3[c-]c4c(cc3)-c3ccc(Oc5[c-]c(-c6cc(C)ccn6)cc(C(C)C)c5)[c-]c3B4c3ncc(C(C)C)cn3)cc(C(C)C)c2)c1.[Pd+2].[Pt+2]. The molecule has 0 aliphatic carbocycles. The Morgan fingerprint density at radius 3 is 1.33 bits per heavy atom. The quantitative estimate of drug-likeness (QED) is 0.100. The number of rotatable bonds is 10. The fourth-order valence-corrected chi connectivity index (χ4v) is 7.01. The third-order valence-corrected chi connectivity index (χ3v) is 10.3. The largest absolute Gasteiger partial charge is 2.00 e. The van der Waals surface area contributed by atoms with Crippen LogP contribution in [-0.4, -0.2) is 26.6 Å². The van der Waals surface area contributed by atoms with E-state index in [0.29, 0.717) is 34.6 Å². The minimum atomic E-state index is -0.343. The van der Waals surface area contributed by atoms with Crippen molar-refractivity contribution in [1.82, 2.24) is 19.9 Å². The summed E-state index contributed by atoms with van der Waals surface area (Å²) in [6, 6.07) is 38.8. The van der Waals surface area contributed by atoms with E-state index in [2.05, 4.69) is 126 Å². The molecule has 0 saturated heterocycles. The van der Waals surface area contributed by atoms with Crippen LogP contribution in [-0.2, 0) is 41.5 Å². The zero-order valence-electron chi connectivity index (χ0n) is 33.8. The van der Waals surface area contributed by atoms with Gasteiger partial charge in [-0.3, -0.25) is 9.97 Å². The van der Waals surface area contributed by atoms with Crippen molar-refractivity contribution in [3.05, 3.63) is 150 Å². The van der Waals surface area contributed by atoms with Gasteiger partial charge in [-0.25, -0.2) is 0 Å². The van der Waals surface area contributed by atoms with Gasteiger partial charge in [-0.15, -0.1) is 58.7 Å². The summed E-state index contributed by atoms with van der Waals surface area (Å²) in [4.78, 5) is 19.1. The molecule has 4 heterocycles. The Morgan fingerprint density at radius 1 is 0.500 bits per heavy atom. The van der Waals surface area contributed by atoms with Gasteiger partial charge in [-0.05, 0) is 60.7 Å². The van der Waals surface area contributed by atoms with Gasteiger partial charge in [0.2, 0.25) is 6.71 Å². The van der Waals surface area contributed by atoms with Crippen LogP contribution in [0, 0.1) is 38.1 Å². The Bertz CT molecular complexity index is 2420. The minimum absolute atomic E-state index is 0. The van der Waals surface area contributed by atoms with Gasteiger partial charge in [0, 0.05) is 47.8 Å². The van der Waals surface area contributed by atoms with Crippen LogP contribution < -0.4 is 26.1 Å². The van der Waals surface area contributed by atoms with Crippen LogP contribution in [0.1, 0.15) is 87.1 Å². The summed E-state index contributed by atoms with van der Waals surface area (Å²) in [5, 5.41) is 0. The van der Waals surface area contributed by atoms with Crippen molar-refractivity contribution in [3.63, 3.8) is 0 Å². The zero-order chi connectivity index (χ0) is 39.1. The molecule has 0 radical (unpaired) electrons. The van der Waals surface area contributed by atoms with Crippen LogP contribution in [0.4, 0.5) is 0 Å². The van der Waals surface area contributed by atoms with E-state index < -0.39 is 0 Å². The topological polar surface area (TPSA) is 70.0 Å². The molecule has 8 rings (SSSR count). The van der Waals surface area contributed by atoms with Crippen LogP contribution in [0.3, 0.4) is 0 Å². The number of hydrogen-bond donors (Lipinski definition) is 0. The molecule has 0 unspecified atom stereocenters. The average molecular weight is 1030 g/mol. The van der Waals surface area contributed by atoms with Crippen LogP contribution in [0.5, 0.6) is 23.0 Å². The number of nitrogens with zero attached hydrogens (tertiary/aromatic N) is 4. The molecule has 0 fully saturated rings. The fourth-order valence-electron chi connectivity index (χ4n) is 7.01. The van der Waals surface area contributed by atoms with Crippen molar-refractivity contribution in [2.45, 2.75) is 73.1 Å². The van der Waals surface area contributed by atoms with Crippen molar-refractivity contribution in [1.29, 1.82) is 0 Å². The average Bonchev–Trinajstić information content (AvgIpc) is 3.50. The molecule has 1 aliphatic heterocycles. The summed E-state index contributed by atoms with van der Waals surface area (Å²) >= 11 is 0. The molecule has 0 atom stereocenters. The zero-order valence-corrected chi connectivity index (χ0v) is 37.6. The van der Waals surface area contributed by atoms with Gasteiger partial charge in [0.15, 0.2) is 0 Å². The number of aromatic nitrogens is 4. The summed E-state index contributed by atoms with van der Waals surface area (Å²) in [7, 11) is 0. The van der Waals surface area contributed by atoms with E-state index in [9.17, 15) is 0 Å². The molecule has 0 saturated carbocycles.